The summed E-state index contributed by atoms with van der Waals surface area (Å²) in [4.78, 5) is 3.91. The van der Waals surface area contributed by atoms with Gasteiger partial charge in [0, 0.05) is 25.0 Å². The lowest BCUT2D eigenvalue weighted by atomic mass is 10.3. The second-order valence-electron chi connectivity index (χ2n) is 3.15. The third-order valence-corrected chi connectivity index (χ3v) is 2.87. The number of sulfonamides is 1. The van der Waals surface area contributed by atoms with Gasteiger partial charge in [0.2, 0.25) is 0 Å². The number of aromatic nitrogens is 4. The molecule has 7 nitrogen and oxygen atoms in total. The molecule has 0 aliphatic carbocycles. The molecule has 16 heavy (non-hydrogen) atoms. The number of hydrogen-bond acceptors (Lipinski definition) is 5. The highest BCUT2D eigenvalue weighted by Gasteiger charge is 2.19. The molecule has 0 aromatic carbocycles. The molecule has 0 spiro atoms. The van der Waals surface area contributed by atoms with Gasteiger partial charge in [0.1, 0.15) is 0 Å². The van der Waals surface area contributed by atoms with Crippen molar-refractivity contribution in [1.82, 2.24) is 19.7 Å². The lowest BCUT2D eigenvalue weighted by Gasteiger charge is -2.01. The average molecular weight is 239 g/mol. The molecule has 8 heteroatoms. The fourth-order valence-electron chi connectivity index (χ4n) is 1.31. The van der Waals surface area contributed by atoms with Crippen LogP contribution in [0.4, 0.5) is 0 Å². The quantitative estimate of drug-likeness (QED) is 0.762. The van der Waals surface area contributed by atoms with Crippen molar-refractivity contribution in [2.45, 2.75) is 5.16 Å². The third-order valence-electron chi connectivity index (χ3n) is 2.01. The van der Waals surface area contributed by atoms with Crippen LogP contribution in [-0.4, -0.2) is 28.2 Å². The molecule has 84 valence electrons. The zero-order valence-electron chi connectivity index (χ0n) is 8.40. The molecule has 0 amide bonds. The van der Waals surface area contributed by atoms with Gasteiger partial charge in [-0.3, -0.25) is 9.55 Å². The van der Waals surface area contributed by atoms with E-state index in [1.165, 1.54) is 11.6 Å². The van der Waals surface area contributed by atoms with Gasteiger partial charge in [0.25, 0.3) is 15.2 Å². The van der Waals surface area contributed by atoms with Crippen molar-refractivity contribution >= 4 is 10.0 Å². The number of nitrogens with two attached hydrogens (primary N) is 1. The van der Waals surface area contributed by atoms with E-state index in [0.717, 1.165) is 0 Å². The molecule has 2 heterocycles. The molecule has 2 aromatic heterocycles. The van der Waals surface area contributed by atoms with E-state index in [1.54, 1.807) is 24.5 Å². The number of nitrogens with zero attached hydrogens (tertiary/aromatic N) is 4. The standard InChI is InChI=1S/C8H9N5O2S/c1-13-7(6-3-2-4-10-5-6)11-12-8(13)16(9,14)15/h2-5H,1H3,(H2,9,14,15). The van der Waals surface area contributed by atoms with E-state index >= 15 is 0 Å². The predicted molar refractivity (Wildman–Crippen MR) is 55.6 cm³/mol. The van der Waals surface area contributed by atoms with Gasteiger partial charge >= 0.3 is 0 Å². The summed E-state index contributed by atoms with van der Waals surface area (Å²) in [6.45, 7) is 0. The number of hydrogen-bond donors (Lipinski definition) is 1. The molecular weight excluding hydrogens is 230 g/mol. The molecule has 0 saturated carbocycles. The van der Waals surface area contributed by atoms with E-state index in [-0.39, 0.29) is 5.16 Å². The Morgan fingerprint density at radius 2 is 2.12 bits per heavy atom. The second-order valence-corrected chi connectivity index (χ2v) is 4.61. The first-order valence-electron chi connectivity index (χ1n) is 4.33. The highest BCUT2D eigenvalue weighted by molar-refractivity contribution is 7.89. The third kappa shape index (κ3) is 1.79. The Labute approximate surface area is 92.0 Å². The van der Waals surface area contributed by atoms with E-state index in [9.17, 15) is 8.42 Å². The Hall–Kier alpha value is -1.80. The number of rotatable bonds is 2. The molecule has 0 saturated heterocycles. The van der Waals surface area contributed by atoms with Crippen molar-refractivity contribution in [3.63, 3.8) is 0 Å². The van der Waals surface area contributed by atoms with Crippen LogP contribution in [0, 0.1) is 0 Å². The Kier molecular flexibility index (Phi) is 2.44. The second kappa shape index (κ2) is 3.65. The maximum Gasteiger partial charge on any atom is 0.273 e. The normalized spacial score (nSPS) is 11.6. The van der Waals surface area contributed by atoms with Crippen molar-refractivity contribution < 1.29 is 8.42 Å². The first-order valence-corrected chi connectivity index (χ1v) is 5.87. The molecular formula is C8H9N5O2S. The Morgan fingerprint density at radius 3 is 2.62 bits per heavy atom. The van der Waals surface area contributed by atoms with Crippen LogP contribution in [0.25, 0.3) is 11.4 Å². The van der Waals surface area contributed by atoms with Crippen LogP contribution in [-0.2, 0) is 17.1 Å². The minimum atomic E-state index is -3.85. The maximum atomic E-state index is 11.1. The molecule has 0 bridgehead atoms. The number of pyridine rings is 1. The molecule has 2 rings (SSSR count). The SMILES string of the molecule is Cn1c(-c2cccnc2)nnc1S(N)(=O)=O. The molecule has 2 aromatic rings. The van der Waals surface area contributed by atoms with E-state index in [0.29, 0.717) is 11.4 Å². The van der Waals surface area contributed by atoms with Gasteiger partial charge < -0.3 is 0 Å². The van der Waals surface area contributed by atoms with Crippen molar-refractivity contribution in [2.24, 2.45) is 12.2 Å². The van der Waals surface area contributed by atoms with Gasteiger partial charge in [-0.1, -0.05) is 0 Å². The summed E-state index contributed by atoms with van der Waals surface area (Å²) in [5.74, 6) is 0.400. The van der Waals surface area contributed by atoms with Gasteiger partial charge in [-0.15, -0.1) is 10.2 Å². The fourth-order valence-corrected chi connectivity index (χ4v) is 1.93. The molecule has 0 atom stereocenters. The van der Waals surface area contributed by atoms with E-state index < -0.39 is 10.0 Å². The average Bonchev–Trinajstić information content (AvgIpc) is 2.61. The Balaban J connectivity index is 2.59. The summed E-state index contributed by atoms with van der Waals surface area (Å²) in [5.41, 5.74) is 0.674. The molecule has 2 N–H and O–H groups in total. The summed E-state index contributed by atoms with van der Waals surface area (Å²) < 4.78 is 23.6. The van der Waals surface area contributed by atoms with Crippen LogP contribution >= 0.6 is 0 Å². The van der Waals surface area contributed by atoms with Crippen LogP contribution in [0.1, 0.15) is 0 Å². The minimum Gasteiger partial charge on any atom is -0.300 e. The Bertz CT molecular complexity index is 605. The van der Waals surface area contributed by atoms with Gasteiger partial charge in [0.15, 0.2) is 5.82 Å². The monoisotopic (exact) mass is 239 g/mol. The van der Waals surface area contributed by atoms with Crippen molar-refractivity contribution in [2.75, 3.05) is 0 Å². The zero-order valence-corrected chi connectivity index (χ0v) is 9.22. The molecule has 0 aliphatic heterocycles. The summed E-state index contributed by atoms with van der Waals surface area (Å²) in [5, 5.41) is 12.0. The van der Waals surface area contributed by atoms with Crippen LogP contribution in [0.15, 0.2) is 29.7 Å². The summed E-state index contributed by atoms with van der Waals surface area (Å²) in [6, 6.07) is 3.48. The Morgan fingerprint density at radius 1 is 1.38 bits per heavy atom. The van der Waals surface area contributed by atoms with Gasteiger partial charge in [-0.2, -0.15) is 0 Å². The summed E-state index contributed by atoms with van der Waals surface area (Å²) in [7, 11) is -2.32. The molecule has 0 radical (unpaired) electrons. The summed E-state index contributed by atoms with van der Waals surface area (Å²) >= 11 is 0. The van der Waals surface area contributed by atoms with E-state index in [2.05, 4.69) is 15.2 Å². The predicted octanol–water partition coefficient (Wildman–Crippen LogP) is -0.475. The first kappa shape index (κ1) is 10.7. The molecule has 0 fully saturated rings. The largest absolute Gasteiger partial charge is 0.300 e. The maximum absolute atomic E-state index is 11.1. The number of primary sulfonamides is 1. The fraction of sp³-hybridized carbons (Fsp3) is 0.125. The van der Waals surface area contributed by atoms with Gasteiger partial charge in [-0.25, -0.2) is 13.6 Å². The van der Waals surface area contributed by atoms with E-state index in [1.807, 2.05) is 0 Å². The van der Waals surface area contributed by atoms with E-state index in [4.69, 9.17) is 5.14 Å². The smallest absolute Gasteiger partial charge is 0.273 e. The van der Waals surface area contributed by atoms with Gasteiger partial charge in [0.05, 0.1) is 0 Å². The summed E-state index contributed by atoms with van der Waals surface area (Å²) in [6.07, 6.45) is 3.18. The van der Waals surface area contributed by atoms with Gasteiger partial charge in [-0.05, 0) is 12.1 Å². The molecule has 0 aliphatic rings. The first-order chi connectivity index (χ1) is 7.50. The van der Waals surface area contributed by atoms with Crippen molar-refractivity contribution in [3.8, 4) is 11.4 Å². The lowest BCUT2D eigenvalue weighted by Crippen LogP contribution is -2.17. The van der Waals surface area contributed by atoms with Crippen LogP contribution in [0.3, 0.4) is 0 Å². The minimum absolute atomic E-state index is 0.272. The highest BCUT2D eigenvalue weighted by Crippen LogP contribution is 2.16. The van der Waals surface area contributed by atoms with Crippen LogP contribution in [0.2, 0.25) is 0 Å². The van der Waals surface area contributed by atoms with Crippen LogP contribution < -0.4 is 5.14 Å². The van der Waals surface area contributed by atoms with Crippen molar-refractivity contribution in [3.05, 3.63) is 24.5 Å². The van der Waals surface area contributed by atoms with Crippen LogP contribution in [0.5, 0.6) is 0 Å². The van der Waals surface area contributed by atoms with Crippen molar-refractivity contribution in [1.29, 1.82) is 0 Å². The highest BCUT2D eigenvalue weighted by atomic mass is 32.2. The molecule has 0 unspecified atom stereocenters. The zero-order chi connectivity index (χ0) is 11.8. The topological polar surface area (TPSA) is 104 Å². The lowest BCUT2D eigenvalue weighted by molar-refractivity contribution is 0.580.